The van der Waals surface area contributed by atoms with Crippen LogP contribution < -0.4 is 5.32 Å². The second kappa shape index (κ2) is 6.69. The first-order chi connectivity index (χ1) is 11.4. The van der Waals surface area contributed by atoms with Gasteiger partial charge in [-0.15, -0.1) is 0 Å². The fraction of sp³-hybridized carbons (Fsp3) is 0.667. The Bertz CT molecular complexity index is 629. The van der Waals surface area contributed by atoms with E-state index in [1.807, 2.05) is 23.9 Å². The number of aromatic nitrogens is 1. The highest BCUT2D eigenvalue weighted by Crippen LogP contribution is 2.30. The molecule has 0 bridgehead atoms. The van der Waals surface area contributed by atoms with Gasteiger partial charge in [-0.1, -0.05) is 0 Å². The third-order valence-electron chi connectivity index (χ3n) is 5.69. The van der Waals surface area contributed by atoms with Gasteiger partial charge in [0.15, 0.2) is 5.78 Å². The van der Waals surface area contributed by atoms with Gasteiger partial charge in [-0.25, -0.2) is 0 Å². The predicted octanol–water partition coefficient (Wildman–Crippen LogP) is 1.01. The van der Waals surface area contributed by atoms with E-state index < -0.39 is 0 Å². The summed E-state index contributed by atoms with van der Waals surface area (Å²) in [6, 6.07) is 1.98. The van der Waals surface area contributed by atoms with Gasteiger partial charge >= 0.3 is 0 Å². The van der Waals surface area contributed by atoms with E-state index in [2.05, 4.69) is 22.2 Å². The van der Waals surface area contributed by atoms with Gasteiger partial charge in [0.05, 0.1) is 0 Å². The SMILES string of the molecule is CC(=O)c1cc(CN2CCC3(CC2)C(=O)NCCCN3C)n(C)c1. The Kier molecular flexibility index (Phi) is 4.78. The average Bonchev–Trinajstić information content (AvgIpc) is 2.87. The second-order valence-electron chi connectivity index (χ2n) is 7.23. The number of aryl methyl sites for hydroxylation is 1. The first-order valence-electron chi connectivity index (χ1n) is 8.80. The Hall–Kier alpha value is -1.66. The number of nitrogens with zero attached hydrogens (tertiary/aromatic N) is 3. The molecular formula is C18H28N4O2. The quantitative estimate of drug-likeness (QED) is 0.840. The number of carbonyl (C=O) groups excluding carboxylic acids is 2. The molecule has 1 aromatic rings. The summed E-state index contributed by atoms with van der Waals surface area (Å²) in [4.78, 5) is 28.8. The molecule has 1 amide bonds. The molecule has 1 aromatic heterocycles. The number of hydrogen-bond donors (Lipinski definition) is 1. The summed E-state index contributed by atoms with van der Waals surface area (Å²) < 4.78 is 2.03. The fourth-order valence-corrected chi connectivity index (χ4v) is 3.95. The van der Waals surface area contributed by atoms with Gasteiger partial charge in [-0.3, -0.25) is 19.4 Å². The second-order valence-corrected chi connectivity index (χ2v) is 7.23. The molecule has 1 N–H and O–H groups in total. The molecule has 132 valence electrons. The molecule has 24 heavy (non-hydrogen) atoms. The lowest BCUT2D eigenvalue weighted by molar-refractivity contribution is -0.134. The summed E-state index contributed by atoms with van der Waals surface area (Å²) in [6.07, 6.45) is 4.64. The van der Waals surface area contributed by atoms with E-state index in [1.54, 1.807) is 6.92 Å². The van der Waals surface area contributed by atoms with Crippen LogP contribution in [0.2, 0.25) is 0 Å². The van der Waals surface area contributed by atoms with Crippen molar-refractivity contribution in [3.63, 3.8) is 0 Å². The van der Waals surface area contributed by atoms with E-state index in [0.717, 1.165) is 63.2 Å². The number of nitrogens with one attached hydrogen (secondary N) is 1. The number of amides is 1. The molecule has 0 unspecified atom stereocenters. The fourth-order valence-electron chi connectivity index (χ4n) is 3.95. The van der Waals surface area contributed by atoms with Gasteiger partial charge < -0.3 is 9.88 Å². The number of ketones is 1. The van der Waals surface area contributed by atoms with Crippen molar-refractivity contribution in [1.82, 2.24) is 19.7 Å². The van der Waals surface area contributed by atoms with Crippen molar-refractivity contribution in [1.29, 1.82) is 0 Å². The number of likely N-dealkylation sites (tertiary alicyclic amines) is 1. The summed E-state index contributed by atoms with van der Waals surface area (Å²) >= 11 is 0. The summed E-state index contributed by atoms with van der Waals surface area (Å²) in [5.41, 5.74) is 1.57. The molecule has 3 heterocycles. The maximum Gasteiger partial charge on any atom is 0.240 e. The molecule has 3 rings (SSSR count). The highest BCUT2D eigenvalue weighted by molar-refractivity contribution is 5.94. The van der Waals surface area contributed by atoms with Crippen LogP contribution in [0.3, 0.4) is 0 Å². The standard InChI is InChI=1S/C18H28N4O2/c1-14(23)15-11-16(20(2)12-15)13-22-9-5-18(6-10-22)17(24)19-7-4-8-21(18)3/h11-12H,4-10,13H2,1-3H3,(H,19,24). The summed E-state index contributed by atoms with van der Waals surface area (Å²) in [7, 11) is 4.07. The van der Waals surface area contributed by atoms with Crippen molar-refractivity contribution in [2.45, 2.75) is 38.3 Å². The Labute approximate surface area is 143 Å². The Morgan fingerprint density at radius 2 is 1.96 bits per heavy atom. The lowest BCUT2D eigenvalue weighted by Gasteiger charge is -2.45. The molecule has 2 aliphatic rings. The third-order valence-corrected chi connectivity index (χ3v) is 5.69. The monoisotopic (exact) mass is 332 g/mol. The van der Waals surface area contributed by atoms with Crippen molar-refractivity contribution in [2.75, 3.05) is 33.2 Å². The minimum atomic E-state index is -0.342. The smallest absolute Gasteiger partial charge is 0.240 e. The van der Waals surface area contributed by atoms with Crippen molar-refractivity contribution >= 4 is 11.7 Å². The number of piperidine rings is 1. The predicted molar refractivity (Wildman–Crippen MR) is 92.9 cm³/mol. The Morgan fingerprint density at radius 3 is 2.58 bits per heavy atom. The van der Waals surface area contributed by atoms with Gasteiger partial charge in [-0.2, -0.15) is 0 Å². The van der Waals surface area contributed by atoms with Gasteiger partial charge in [0.25, 0.3) is 0 Å². The van der Waals surface area contributed by atoms with Crippen LogP contribution in [0.25, 0.3) is 0 Å². The van der Waals surface area contributed by atoms with Crippen LogP contribution in [0.5, 0.6) is 0 Å². The topological polar surface area (TPSA) is 57.6 Å². The Morgan fingerprint density at radius 1 is 1.25 bits per heavy atom. The average molecular weight is 332 g/mol. The number of hydrogen-bond acceptors (Lipinski definition) is 4. The summed E-state index contributed by atoms with van der Waals surface area (Å²) in [5, 5.41) is 3.08. The normalized spacial score (nSPS) is 22.4. The molecule has 0 aliphatic carbocycles. The van der Waals surface area contributed by atoms with Crippen LogP contribution >= 0.6 is 0 Å². The van der Waals surface area contributed by atoms with Crippen LogP contribution in [-0.4, -0.2) is 64.8 Å². The van der Waals surface area contributed by atoms with Gasteiger partial charge in [-0.05, 0) is 39.3 Å². The zero-order valence-corrected chi connectivity index (χ0v) is 15.0. The number of likely N-dealkylation sites (N-methyl/N-ethyl adjacent to an activating group) is 1. The van der Waals surface area contributed by atoms with Crippen molar-refractivity contribution in [3.8, 4) is 0 Å². The minimum Gasteiger partial charge on any atom is -0.354 e. The number of Topliss-reactive ketones (excluding diaryl/α,β-unsaturated/α-hetero) is 1. The zero-order chi connectivity index (χ0) is 17.3. The maximum atomic E-state index is 12.6. The van der Waals surface area contributed by atoms with Gasteiger partial charge in [0.1, 0.15) is 5.54 Å². The van der Waals surface area contributed by atoms with E-state index >= 15 is 0 Å². The van der Waals surface area contributed by atoms with E-state index in [9.17, 15) is 9.59 Å². The highest BCUT2D eigenvalue weighted by Gasteiger charge is 2.45. The lowest BCUT2D eigenvalue weighted by atomic mass is 9.85. The van der Waals surface area contributed by atoms with Crippen LogP contribution in [0.4, 0.5) is 0 Å². The van der Waals surface area contributed by atoms with Crippen LogP contribution in [0.15, 0.2) is 12.3 Å². The first-order valence-corrected chi connectivity index (χ1v) is 8.80. The van der Waals surface area contributed by atoms with Gasteiger partial charge in [0, 0.05) is 57.2 Å². The third kappa shape index (κ3) is 3.13. The van der Waals surface area contributed by atoms with Crippen LogP contribution in [0.1, 0.15) is 42.2 Å². The number of rotatable bonds is 3. The molecule has 0 aromatic carbocycles. The molecule has 6 nitrogen and oxygen atoms in total. The first kappa shape index (κ1) is 17.2. The Balaban J connectivity index is 1.66. The molecule has 2 fully saturated rings. The van der Waals surface area contributed by atoms with Crippen molar-refractivity contribution < 1.29 is 9.59 Å². The largest absolute Gasteiger partial charge is 0.354 e. The number of carbonyl (C=O) groups is 2. The maximum absolute atomic E-state index is 12.6. The molecule has 0 saturated carbocycles. The molecule has 0 radical (unpaired) electrons. The molecule has 2 saturated heterocycles. The molecule has 2 aliphatic heterocycles. The van der Waals surface area contributed by atoms with E-state index in [4.69, 9.17) is 0 Å². The highest BCUT2D eigenvalue weighted by atomic mass is 16.2. The van der Waals surface area contributed by atoms with E-state index in [0.29, 0.717) is 0 Å². The van der Waals surface area contributed by atoms with E-state index in [1.165, 1.54) is 0 Å². The van der Waals surface area contributed by atoms with Gasteiger partial charge in [0.2, 0.25) is 5.91 Å². The molecule has 0 atom stereocenters. The van der Waals surface area contributed by atoms with Crippen LogP contribution in [0, 0.1) is 0 Å². The summed E-state index contributed by atoms with van der Waals surface area (Å²) in [5.74, 6) is 0.297. The van der Waals surface area contributed by atoms with Crippen LogP contribution in [-0.2, 0) is 18.4 Å². The zero-order valence-electron chi connectivity index (χ0n) is 15.0. The molecule has 1 spiro atoms. The summed E-state index contributed by atoms with van der Waals surface area (Å²) in [6.45, 7) is 5.98. The van der Waals surface area contributed by atoms with Crippen molar-refractivity contribution in [2.24, 2.45) is 7.05 Å². The minimum absolute atomic E-state index is 0.103. The molecule has 6 heteroatoms. The lowest BCUT2D eigenvalue weighted by Crippen LogP contribution is -2.60. The van der Waals surface area contributed by atoms with Crippen molar-refractivity contribution in [3.05, 3.63) is 23.5 Å². The molecular weight excluding hydrogens is 304 g/mol. The van der Waals surface area contributed by atoms with E-state index in [-0.39, 0.29) is 17.2 Å².